The molecule has 0 unspecified atom stereocenters. The summed E-state index contributed by atoms with van der Waals surface area (Å²) in [5.74, 6) is 0.900. The van der Waals surface area contributed by atoms with E-state index in [9.17, 15) is 4.79 Å². The molecular weight excluding hydrogens is 338 g/mol. The Morgan fingerprint density at radius 2 is 1.80 bits per heavy atom. The van der Waals surface area contributed by atoms with Gasteiger partial charge in [-0.05, 0) is 43.3 Å². The highest BCUT2D eigenvalue weighted by molar-refractivity contribution is 6.30. The van der Waals surface area contributed by atoms with Crippen molar-refractivity contribution in [3.63, 3.8) is 0 Å². The third kappa shape index (κ3) is 4.25. The van der Waals surface area contributed by atoms with Crippen LogP contribution >= 0.6 is 11.6 Å². The second-order valence-electron chi connectivity index (χ2n) is 5.48. The van der Waals surface area contributed by atoms with E-state index in [1.807, 2.05) is 49.4 Å². The van der Waals surface area contributed by atoms with Gasteiger partial charge in [-0.2, -0.15) is 0 Å². The molecule has 0 N–H and O–H groups in total. The molecule has 0 fully saturated rings. The number of hydrogen-bond acceptors (Lipinski definition) is 4. The van der Waals surface area contributed by atoms with Crippen LogP contribution in [0.5, 0.6) is 0 Å². The first-order chi connectivity index (χ1) is 12.2. The van der Waals surface area contributed by atoms with Crippen molar-refractivity contribution in [2.24, 2.45) is 0 Å². The number of hydrogen-bond donors (Lipinski definition) is 0. The van der Waals surface area contributed by atoms with Crippen LogP contribution in [-0.2, 0) is 11.2 Å². The molecule has 0 bridgehead atoms. The summed E-state index contributed by atoms with van der Waals surface area (Å²) in [6.45, 7) is 2.57. The molecule has 0 aliphatic carbocycles. The van der Waals surface area contributed by atoms with Gasteiger partial charge in [0.2, 0.25) is 17.7 Å². The van der Waals surface area contributed by atoms with Crippen LogP contribution in [0.4, 0.5) is 5.69 Å². The number of anilines is 1. The standard InChI is InChI=1S/C19H18ClN3O2/c1-2-23(16-6-4-3-5-7-16)18(24)13-12-17-21-22-19(25-17)14-8-10-15(20)11-9-14/h3-11H,2,12-13H2,1H3. The molecule has 3 aromatic rings. The maximum absolute atomic E-state index is 12.5. The quantitative estimate of drug-likeness (QED) is 0.658. The van der Waals surface area contributed by atoms with E-state index in [1.165, 1.54) is 0 Å². The van der Waals surface area contributed by atoms with Crippen LogP contribution in [0.3, 0.4) is 0 Å². The maximum atomic E-state index is 12.5. The highest BCUT2D eigenvalue weighted by Gasteiger charge is 2.16. The Balaban J connectivity index is 1.63. The molecule has 0 spiro atoms. The number of halogens is 1. The third-order valence-corrected chi connectivity index (χ3v) is 4.05. The Kier molecular flexibility index (Phi) is 5.46. The number of aromatic nitrogens is 2. The Morgan fingerprint density at radius 3 is 2.48 bits per heavy atom. The number of para-hydroxylation sites is 1. The molecular formula is C19H18ClN3O2. The van der Waals surface area contributed by atoms with Crippen molar-refractivity contribution in [1.29, 1.82) is 0 Å². The molecule has 5 nitrogen and oxygen atoms in total. The van der Waals surface area contributed by atoms with Crippen LogP contribution in [0.2, 0.25) is 5.02 Å². The summed E-state index contributed by atoms with van der Waals surface area (Å²) in [5, 5.41) is 8.70. The summed E-state index contributed by atoms with van der Waals surface area (Å²) in [5.41, 5.74) is 1.69. The first-order valence-corrected chi connectivity index (χ1v) is 8.49. The van der Waals surface area contributed by atoms with Crippen LogP contribution in [0.1, 0.15) is 19.2 Å². The fourth-order valence-corrected chi connectivity index (χ4v) is 2.65. The fourth-order valence-electron chi connectivity index (χ4n) is 2.52. The Hall–Kier alpha value is -2.66. The summed E-state index contributed by atoms with van der Waals surface area (Å²) >= 11 is 5.87. The van der Waals surface area contributed by atoms with Gasteiger partial charge in [-0.1, -0.05) is 29.8 Å². The number of rotatable bonds is 6. The van der Waals surface area contributed by atoms with Gasteiger partial charge < -0.3 is 9.32 Å². The van der Waals surface area contributed by atoms with Gasteiger partial charge in [0.1, 0.15) is 0 Å². The van der Waals surface area contributed by atoms with Crippen LogP contribution in [0.25, 0.3) is 11.5 Å². The number of nitrogens with zero attached hydrogens (tertiary/aromatic N) is 3. The van der Waals surface area contributed by atoms with Crippen molar-refractivity contribution in [3.05, 3.63) is 65.5 Å². The molecule has 1 amide bonds. The molecule has 0 radical (unpaired) electrons. The normalized spacial score (nSPS) is 10.6. The van der Waals surface area contributed by atoms with E-state index in [0.29, 0.717) is 36.2 Å². The lowest BCUT2D eigenvalue weighted by Crippen LogP contribution is -2.30. The lowest BCUT2D eigenvalue weighted by molar-refractivity contribution is -0.118. The van der Waals surface area contributed by atoms with Gasteiger partial charge in [0.05, 0.1) is 0 Å². The van der Waals surface area contributed by atoms with Gasteiger partial charge in [0, 0.05) is 35.7 Å². The average molecular weight is 356 g/mol. The molecule has 2 aromatic carbocycles. The SMILES string of the molecule is CCN(C(=O)CCc1nnc(-c2ccc(Cl)cc2)o1)c1ccccc1. The molecule has 6 heteroatoms. The van der Waals surface area contributed by atoms with Crippen molar-refractivity contribution in [3.8, 4) is 11.5 Å². The van der Waals surface area contributed by atoms with E-state index in [1.54, 1.807) is 17.0 Å². The number of carbonyl (C=O) groups is 1. The van der Waals surface area contributed by atoms with E-state index >= 15 is 0 Å². The van der Waals surface area contributed by atoms with Gasteiger partial charge in [-0.15, -0.1) is 10.2 Å². The Morgan fingerprint density at radius 1 is 1.08 bits per heavy atom. The molecule has 0 aliphatic rings. The van der Waals surface area contributed by atoms with Gasteiger partial charge in [-0.25, -0.2) is 0 Å². The largest absolute Gasteiger partial charge is 0.421 e. The average Bonchev–Trinajstić information content (AvgIpc) is 3.11. The van der Waals surface area contributed by atoms with Crippen LogP contribution in [-0.4, -0.2) is 22.6 Å². The van der Waals surface area contributed by atoms with E-state index in [2.05, 4.69) is 10.2 Å². The molecule has 3 rings (SSSR count). The van der Waals surface area contributed by atoms with Crippen molar-refractivity contribution in [2.75, 3.05) is 11.4 Å². The monoisotopic (exact) mass is 355 g/mol. The third-order valence-electron chi connectivity index (χ3n) is 3.80. The number of benzene rings is 2. The summed E-state index contributed by atoms with van der Waals surface area (Å²) in [4.78, 5) is 14.2. The molecule has 0 aliphatic heterocycles. The second-order valence-corrected chi connectivity index (χ2v) is 5.92. The minimum absolute atomic E-state index is 0.0277. The van der Waals surface area contributed by atoms with Gasteiger partial charge in [0.25, 0.3) is 0 Å². The van der Waals surface area contributed by atoms with E-state index < -0.39 is 0 Å². The second kappa shape index (κ2) is 7.94. The Bertz CT molecular complexity index is 831. The number of carbonyl (C=O) groups excluding carboxylic acids is 1. The van der Waals surface area contributed by atoms with E-state index in [-0.39, 0.29) is 5.91 Å². The van der Waals surface area contributed by atoms with Crippen LogP contribution < -0.4 is 4.90 Å². The molecule has 0 saturated carbocycles. The smallest absolute Gasteiger partial charge is 0.247 e. The minimum Gasteiger partial charge on any atom is -0.421 e. The number of amides is 1. The molecule has 0 atom stereocenters. The summed E-state index contributed by atoms with van der Waals surface area (Å²) in [6, 6.07) is 16.8. The molecule has 0 saturated heterocycles. The topological polar surface area (TPSA) is 59.2 Å². The lowest BCUT2D eigenvalue weighted by atomic mass is 10.2. The maximum Gasteiger partial charge on any atom is 0.247 e. The Labute approximate surface area is 151 Å². The summed E-state index contributed by atoms with van der Waals surface area (Å²) < 4.78 is 5.64. The number of aryl methyl sites for hydroxylation is 1. The van der Waals surface area contributed by atoms with Gasteiger partial charge >= 0.3 is 0 Å². The highest BCUT2D eigenvalue weighted by atomic mass is 35.5. The zero-order valence-corrected chi connectivity index (χ0v) is 14.6. The summed E-state index contributed by atoms with van der Waals surface area (Å²) in [7, 11) is 0. The zero-order valence-electron chi connectivity index (χ0n) is 13.9. The lowest BCUT2D eigenvalue weighted by Gasteiger charge is -2.20. The minimum atomic E-state index is 0.0277. The first kappa shape index (κ1) is 17.2. The molecule has 128 valence electrons. The van der Waals surface area contributed by atoms with Crippen molar-refractivity contribution >= 4 is 23.2 Å². The fraction of sp³-hybridized carbons (Fsp3) is 0.211. The molecule has 1 heterocycles. The molecule has 1 aromatic heterocycles. The van der Waals surface area contributed by atoms with Gasteiger partial charge in [0.15, 0.2) is 0 Å². The van der Waals surface area contributed by atoms with E-state index in [0.717, 1.165) is 11.3 Å². The molecule has 25 heavy (non-hydrogen) atoms. The summed E-state index contributed by atoms with van der Waals surface area (Å²) in [6.07, 6.45) is 0.716. The van der Waals surface area contributed by atoms with Crippen LogP contribution in [0.15, 0.2) is 59.0 Å². The predicted molar refractivity (Wildman–Crippen MR) is 97.5 cm³/mol. The highest BCUT2D eigenvalue weighted by Crippen LogP contribution is 2.21. The van der Waals surface area contributed by atoms with E-state index in [4.69, 9.17) is 16.0 Å². The predicted octanol–water partition coefficient (Wildman–Crippen LogP) is 4.38. The van der Waals surface area contributed by atoms with Crippen molar-refractivity contribution in [1.82, 2.24) is 10.2 Å². The van der Waals surface area contributed by atoms with Crippen molar-refractivity contribution < 1.29 is 9.21 Å². The first-order valence-electron chi connectivity index (χ1n) is 8.11. The van der Waals surface area contributed by atoms with Gasteiger partial charge in [-0.3, -0.25) is 4.79 Å². The van der Waals surface area contributed by atoms with Crippen molar-refractivity contribution in [2.45, 2.75) is 19.8 Å². The van der Waals surface area contributed by atoms with Crippen LogP contribution in [0, 0.1) is 0 Å². The zero-order chi connectivity index (χ0) is 17.6.